The molecule has 0 aliphatic carbocycles. The molecule has 0 spiro atoms. The Balaban J connectivity index is 2.02. The molecule has 0 amide bonds. The molecule has 4 heteroatoms. The van der Waals surface area contributed by atoms with Gasteiger partial charge in [0.2, 0.25) is 0 Å². The van der Waals surface area contributed by atoms with Crippen molar-refractivity contribution in [3.05, 3.63) is 77.9 Å². The van der Waals surface area contributed by atoms with Gasteiger partial charge in [-0.2, -0.15) is 0 Å². The van der Waals surface area contributed by atoms with E-state index in [1.807, 2.05) is 43.3 Å². The van der Waals surface area contributed by atoms with E-state index in [9.17, 15) is 9.59 Å². The van der Waals surface area contributed by atoms with Crippen LogP contribution >= 0.6 is 0 Å². The van der Waals surface area contributed by atoms with Crippen molar-refractivity contribution in [2.45, 2.75) is 6.92 Å². The average Bonchev–Trinajstić information content (AvgIpc) is 2.60. The van der Waals surface area contributed by atoms with Crippen LogP contribution in [0.2, 0.25) is 0 Å². The summed E-state index contributed by atoms with van der Waals surface area (Å²) in [7, 11) is 3.96. The number of allylic oxidation sites excluding steroid dienone is 1. The van der Waals surface area contributed by atoms with Gasteiger partial charge < -0.3 is 9.64 Å². The monoisotopic (exact) mass is 335 g/mol. The standard InChI is InChI=1S/C21H21NO3/c1-15(2)21(24)25-19-12-8-17(9-13-19)20(23)14-7-16-5-10-18(11-6-16)22(3)4/h5-14H,1H2,2-4H3. The van der Waals surface area contributed by atoms with Crippen molar-refractivity contribution in [2.75, 3.05) is 19.0 Å². The summed E-state index contributed by atoms with van der Waals surface area (Å²) in [6.45, 7) is 5.10. The van der Waals surface area contributed by atoms with Gasteiger partial charge >= 0.3 is 5.97 Å². The number of benzene rings is 2. The highest BCUT2D eigenvalue weighted by Crippen LogP contribution is 2.16. The van der Waals surface area contributed by atoms with Gasteiger partial charge in [0, 0.05) is 30.9 Å². The Morgan fingerprint density at radius 2 is 1.60 bits per heavy atom. The minimum Gasteiger partial charge on any atom is -0.423 e. The van der Waals surface area contributed by atoms with E-state index in [-0.39, 0.29) is 5.78 Å². The first-order valence-electron chi connectivity index (χ1n) is 7.84. The topological polar surface area (TPSA) is 46.6 Å². The number of esters is 1. The summed E-state index contributed by atoms with van der Waals surface area (Å²) in [5.74, 6) is -0.220. The Labute approximate surface area is 148 Å². The van der Waals surface area contributed by atoms with Gasteiger partial charge in [-0.1, -0.05) is 24.8 Å². The minimum atomic E-state index is -0.486. The maximum atomic E-state index is 12.2. The maximum absolute atomic E-state index is 12.2. The van der Waals surface area contributed by atoms with Crippen molar-refractivity contribution >= 4 is 23.5 Å². The Hall–Kier alpha value is -3.14. The summed E-state index contributed by atoms with van der Waals surface area (Å²) in [6.07, 6.45) is 3.30. The second-order valence-corrected chi connectivity index (χ2v) is 5.88. The fourth-order valence-electron chi connectivity index (χ4n) is 2.03. The molecular weight excluding hydrogens is 314 g/mol. The zero-order valence-electron chi connectivity index (χ0n) is 14.7. The van der Waals surface area contributed by atoms with Crippen LogP contribution < -0.4 is 9.64 Å². The molecule has 0 N–H and O–H groups in total. The van der Waals surface area contributed by atoms with Crippen LogP contribution in [0.15, 0.2) is 66.8 Å². The SMILES string of the molecule is C=C(C)C(=O)Oc1ccc(C(=O)C=Cc2ccc(N(C)C)cc2)cc1. The molecule has 0 heterocycles. The quantitative estimate of drug-likeness (QED) is 0.345. The molecule has 0 radical (unpaired) electrons. The van der Waals surface area contributed by atoms with Crippen LogP contribution in [0.4, 0.5) is 5.69 Å². The van der Waals surface area contributed by atoms with Crippen molar-refractivity contribution in [1.82, 2.24) is 0 Å². The average molecular weight is 335 g/mol. The largest absolute Gasteiger partial charge is 0.423 e. The van der Waals surface area contributed by atoms with Crippen LogP contribution in [0.25, 0.3) is 6.08 Å². The molecule has 25 heavy (non-hydrogen) atoms. The van der Waals surface area contributed by atoms with Crippen LogP contribution in [0.5, 0.6) is 5.75 Å². The third kappa shape index (κ3) is 5.18. The van der Waals surface area contributed by atoms with Crippen molar-refractivity contribution in [3.8, 4) is 5.75 Å². The van der Waals surface area contributed by atoms with Crippen molar-refractivity contribution < 1.29 is 14.3 Å². The lowest BCUT2D eigenvalue weighted by molar-refractivity contribution is -0.130. The van der Waals surface area contributed by atoms with Gasteiger partial charge in [-0.05, 0) is 55.0 Å². The zero-order valence-corrected chi connectivity index (χ0v) is 14.7. The van der Waals surface area contributed by atoms with E-state index in [0.717, 1.165) is 11.3 Å². The number of carbonyl (C=O) groups excluding carboxylic acids is 2. The number of ether oxygens (including phenoxy) is 1. The lowest BCUT2D eigenvalue weighted by atomic mass is 10.1. The number of nitrogens with zero attached hydrogens (tertiary/aromatic N) is 1. The number of hydrogen-bond donors (Lipinski definition) is 0. The second-order valence-electron chi connectivity index (χ2n) is 5.88. The Morgan fingerprint density at radius 3 is 2.12 bits per heavy atom. The van der Waals surface area contributed by atoms with Crippen LogP contribution in [-0.4, -0.2) is 25.8 Å². The third-order valence-corrected chi connectivity index (χ3v) is 3.53. The van der Waals surface area contributed by atoms with E-state index in [0.29, 0.717) is 16.9 Å². The van der Waals surface area contributed by atoms with E-state index < -0.39 is 5.97 Å². The molecule has 0 aromatic heterocycles. The summed E-state index contributed by atoms with van der Waals surface area (Å²) >= 11 is 0. The van der Waals surface area contributed by atoms with Crippen LogP contribution in [0, 0.1) is 0 Å². The van der Waals surface area contributed by atoms with Gasteiger partial charge in [-0.25, -0.2) is 4.79 Å². The van der Waals surface area contributed by atoms with Gasteiger partial charge in [-0.3, -0.25) is 4.79 Å². The van der Waals surface area contributed by atoms with E-state index in [4.69, 9.17) is 4.74 Å². The summed E-state index contributed by atoms with van der Waals surface area (Å²) in [5, 5.41) is 0. The molecule has 0 saturated carbocycles. The van der Waals surface area contributed by atoms with Gasteiger partial charge in [0.25, 0.3) is 0 Å². The molecule has 0 saturated heterocycles. The van der Waals surface area contributed by atoms with Crippen LogP contribution in [-0.2, 0) is 4.79 Å². The number of ketones is 1. The fraction of sp³-hybridized carbons (Fsp3) is 0.143. The van der Waals surface area contributed by atoms with Gasteiger partial charge in [0.15, 0.2) is 5.78 Å². The summed E-state index contributed by atoms with van der Waals surface area (Å²) in [5.41, 5.74) is 2.90. The summed E-state index contributed by atoms with van der Waals surface area (Å²) < 4.78 is 5.10. The molecule has 2 aromatic rings. The lowest BCUT2D eigenvalue weighted by Gasteiger charge is -2.11. The fourth-order valence-corrected chi connectivity index (χ4v) is 2.03. The van der Waals surface area contributed by atoms with E-state index >= 15 is 0 Å². The van der Waals surface area contributed by atoms with Crippen molar-refractivity contribution in [1.29, 1.82) is 0 Å². The van der Waals surface area contributed by atoms with Gasteiger partial charge in [-0.15, -0.1) is 0 Å². The molecular formula is C21H21NO3. The smallest absolute Gasteiger partial charge is 0.338 e. The third-order valence-electron chi connectivity index (χ3n) is 3.53. The number of anilines is 1. The predicted octanol–water partition coefficient (Wildman–Crippen LogP) is 4.13. The zero-order chi connectivity index (χ0) is 18.4. The molecule has 0 aliphatic rings. The highest BCUT2D eigenvalue weighted by Gasteiger charge is 2.07. The molecule has 2 aromatic carbocycles. The maximum Gasteiger partial charge on any atom is 0.338 e. The first-order chi connectivity index (χ1) is 11.9. The molecule has 4 nitrogen and oxygen atoms in total. The minimum absolute atomic E-state index is 0.116. The highest BCUT2D eigenvalue weighted by molar-refractivity contribution is 6.06. The molecule has 0 atom stereocenters. The van der Waals surface area contributed by atoms with Crippen molar-refractivity contribution in [2.24, 2.45) is 0 Å². The lowest BCUT2D eigenvalue weighted by Crippen LogP contribution is -2.08. The van der Waals surface area contributed by atoms with Crippen LogP contribution in [0.1, 0.15) is 22.8 Å². The van der Waals surface area contributed by atoms with Crippen molar-refractivity contribution in [3.63, 3.8) is 0 Å². The first kappa shape index (κ1) is 18.2. The molecule has 0 fully saturated rings. The van der Waals surface area contributed by atoms with E-state index in [1.54, 1.807) is 37.3 Å². The Kier molecular flexibility index (Phi) is 5.90. The number of rotatable bonds is 6. The summed E-state index contributed by atoms with van der Waals surface area (Å²) in [6, 6.07) is 14.3. The Bertz CT molecular complexity index is 800. The highest BCUT2D eigenvalue weighted by atomic mass is 16.5. The molecule has 2 rings (SSSR count). The van der Waals surface area contributed by atoms with E-state index in [1.165, 1.54) is 6.08 Å². The Morgan fingerprint density at radius 1 is 1.00 bits per heavy atom. The molecule has 0 bridgehead atoms. The number of hydrogen-bond acceptors (Lipinski definition) is 4. The first-order valence-corrected chi connectivity index (χ1v) is 7.84. The molecule has 0 aliphatic heterocycles. The predicted molar refractivity (Wildman–Crippen MR) is 101 cm³/mol. The summed E-state index contributed by atoms with van der Waals surface area (Å²) in [4.78, 5) is 25.7. The molecule has 128 valence electrons. The number of carbonyl (C=O) groups is 2. The van der Waals surface area contributed by atoms with Gasteiger partial charge in [0.1, 0.15) is 5.75 Å². The molecule has 0 unspecified atom stereocenters. The normalized spacial score (nSPS) is 10.5. The van der Waals surface area contributed by atoms with E-state index in [2.05, 4.69) is 6.58 Å². The van der Waals surface area contributed by atoms with Gasteiger partial charge in [0.05, 0.1) is 0 Å². The van der Waals surface area contributed by atoms with Crippen LogP contribution in [0.3, 0.4) is 0 Å². The second kappa shape index (κ2) is 8.11.